The number of esters is 1. The van der Waals surface area contributed by atoms with Crippen molar-refractivity contribution in [2.75, 3.05) is 0 Å². The Balaban J connectivity index is 2.44. The highest BCUT2D eigenvalue weighted by Crippen LogP contribution is 2.42. The molecule has 106 valence electrons. The van der Waals surface area contributed by atoms with Gasteiger partial charge in [0.1, 0.15) is 10.5 Å². The number of nitrogens with two attached hydrogens (primary N) is 1. The van der Waals surface area contributed by atoms with Gasteiger partial charge in [0, 0.05) is 5.92 Å². The third kappa shape index (κ3) is 3.13. The lowest BCUT2D eigenvalue weighted by Crippen LogP contribution is -2.26. The lowest BCUT2D eigenvalue weighted by atomic mass is 10.2. The summed E-state index contributed by atoms with van der Waals surface area (Å²) in [5.74, 6) is -0.711. The Morgan fingerprint density at radius 1 is 1.42 bits per heavy atom. The maximum atomic E-state index is 12.0. The second-order valence-electron chi connectivity index (χ2n) is 5.64. The smallest absolute Gasteiger partial charge is 0.360 e. The molecule has 8 heteroatoms. The van der Waals surface area contributed by atoms with Crippen molar-refractivity contribution >= 4 is 16.0 Å². The number of hydrogen-bond donors (Lipinski definition) is 2. The van der Waals surface area contributed by atoms with Crippen LogP contribution in [0.4, 0.5) is 0 Å². The predicted octanol–water partition coefficient (Wildman–Crippen LogP) is 0.890. The number of rotatable bonds is 3. The third-order valence-electron chi connectivity index (χ3n) is 2.61. The Morgan fingerprint density at radius 2 is 2.00 bits per heavy atom. The summed E-state index contributed by atoms with van der Waals surface area (Å²) in [5.41, 5.74) is -0.589. The summed E-state index contributed by atoms with van der Waals surface area (Å²) in [4.78, 5) is 11.7. The molecule has 19 heavy (non-hydrogen) atoms. The summed E-state index contributed by atoms with van der Waals surface area (Å²) in [7, 11) is -4.02. The topological polar surface area (TPSA) is 115 Å². The first-order chi connectivity index (χ1) is 8.59. The molecule has 0 saturated heterocycles. The second kappa shape index (κ2) is 4.31. The van der Waals surface area contributed by atoms with Gasteiger partial charge < -0.3 is 4.74 Å². The molecule has 0 bridgehead atoms. The molecule has 0 aliphatic heterocycles. The van der Waals surface area contributed by atoms with Crippen molar-refractivity contribution in [1.82, 2.24) is 10.2 Å². The number of aromatic amines is 1. The number of carbonyl (C=O) groups excluding carboxylic acids is 1. The van der Waals surface area contributed by atoms with Crippen molar-refractivity contribution < 1.29 is 17.9 Å². The van der Waals surface area contributed by atoms with E-state index in [0.717, 1.165) is 12.8 Å². The van der Waals surface area contributed by atoms with E-state index in [1.54, 1.807) is 20.8 Å². The van der Waals surface area contributed by atoms with Gasteiger partial charge in [-0.3, -0.25) is 5.10 Å². The second-order valence-corrected chi connectivity index (χ2v) is 7.13. The van der Waals surface area contributed by atoms with E-state index in [1.165, 1.54) is 0 Å². The zero-order chi connectivity index (χ0) is 14.4. The van der Waals surface area contributed by atoms with Gasteiger partial charge in [0.05, 0.1) is 5.69 Å². The molecule has 1 aliphatic carbocycles. The van der Waals surface area contributed by atoms with Crippen LogP contribution in [0.2, 0.25) is 0 Å². The van der Waals surface area contributed by atoms with Crippen LogP contribution in [0, 0.1) is 0 Å². The highest BCUT2D eigenvalue weighted by molar-refractivity contribution is 7.89. The molecule has 0 atom stereocenters. The summed E-state index contributed by atoms with van der Waals surface area (Å²) in [6, 6.07) is 0. The number of nitrogens with zero attached hydrogens (tertiary/aromatic N) is 1. The van der Waals surface area contributed by atoms with Gasteiger partial charge in [-0.1, -0.05) is 0 Å². The molecule has 1 aromatic rings. The number of H-pyrrole nitrogens is 1. The quantitative estimate of drug-likeness (QED) is 0.801. The highest BCUT2D eigenvalue weighted by Gasteiger charge is 2.37. The summed E-state index contributed by atoms with van der Waals surface area (Å²) in [6.07, 6.45) is 1.72. The molecular formula is C11H17N3O4S. The van der Waals surface area contributed by atoms with Crippen molar-refractivity contribution in [3.05, 3.63) is 11.4 Å². The third-order valence-corrected chi connectivity index (χ3v) is 3.59. The number of nitrogens with one attached hydrogen (secondary N) is 1. The fraction of sp³-hybridized carbons (Fsp3) is 0.636. The van der Waals surface area contributed by atoms with E-state index in [4.69, 9.17) is 9.88 Å². The zero-order valence-corrected chi connectivity index (χ0v) is 11.9. The van der Waals surface area contributed by atoms with E-state index in [2.05, 4.69) is 10.2 Å². The lowest BCUT2D eigenvalue weighted by molar-refractivity contribution is 0.00583. The number of sulfonamides is 1. The van der Waals surface area contributed by atoms with Crippen LogP contribution in [0.25, 0.3) is 0 Å². The Hall–Kier alpha value is -1.41. The average molecular weight is 287 g/mol. The maximum Gasteiger partial charge on any atom is 0.360 e. The van der Waals surface area contributed by atoms with E-state index < -0.39 is 21.6 Å². The molecule has 0 unspecified atom stereocenters. The van der Waals surface area contributed by atoms with E-state index in [0.29, 0.717) is 5.69 Å². The summed E-state index contributed by atoms with van der Waals surface area (Å²) < 4.78 is 28.4. The van der Waals surface area contributed by atoms with E-state index in [9.17, 15) is 13.2 Å². The predicted molar refractivity (Wildman–Crippen MR) is 67.1 cm³/mol. The standard InChI is InChI=1S/C11H17N3O4S/c1-11(2,3)18-10(15)8-9(19(12,16)17)7(13-14-8)6-4-5-6/h6H,4-5H2,1-3H3,(H,13,14)(H2,12,16,17). The van der Waals surface area contributed by atoms with E-state index in [1.807, 2.05) is 0 Å². The van der Waals surface area contributed by atoms with Gasteiger partial charge in [-0.25, -0.2) is 18.4 Å². The minimum absolute atomic E-state index is 0.0806. The minimum atomic E-state index is -4.02. The van der Waals surface area contributed by atoms with Crippen molar-refractivity contribution in [3.63, 3.8) is 0 Å². The molecule has 3 N–H and O–H groups in total. The molecule has 0 aromatic carbocycles. The van der Waals surface area contributed by atoms with E-state index in [-0.39, 0.29) is 16.5 Å². The van der Waals surface area contributed by atoms with Crippen LogP contribution in [-0.2, 0) is 14.8 Å². The molecule has 1 heterocycles. The lowest BCUT2D eigenvalue weighted by Gasteiger charge is -2.18. The Bertz CT molecular complexity index is 608. The molecular weight excluding hydrogens is 270 g/mol. The maximum absolute atomic E-state index is 12.0. The highest BCUT2D eigenvalue weighted by atomic mass is 32.2. The molecule has 1 saturated carbocycles. The van der Waals surface area contributed by atoms with Gasteiger partial charge in [0.15, 0.2) is 5.69 Å². The van der Waals surface area contributed by atoms with Crippen LogP contribution in [0.15, 0.2) is 4.90 Å². The zero-order valence-electron chi connectivity index (χ0n) is 11.1. The van der Waals surface area contributed by atoms with Gasteiger partial charge in [0.25, 0.3) is 0 Å². The molecule has 2 rings (SSSR count). The van der Waals surface area contributed by atoms with Gasteiger partial charge in [0.2, 0.25) is 10.0 Å². The average Bonchev–Trinajstić information content (AvgIpc) is 2.92. The largest absolute Gasteiger partial charge is 0.455 e. The normalized spacial score (nSPS) is 16.4. The van der Waals surface area contributed by atoms with Crippen LogP contribution in [0.5, 0.6) is 0 Å². The summed E-state index contributed by atoms with van der Waals surface area (Å²) in [5, 5.41) is 11.5. The molecule has 7 nitrogen and oxygen atoms in total. The molecule has 1 aliphatic rings. The first-order valence-electron chi connectivity index (χ1n) is 5.94. The number of carbonyl (C=O) groups is 1. The Labute approximate surface area is 111 Å². The summed E-state index contributed by atoms with van der Waals surface area (Å²) >= 11 is 0. The molecule has 0 spiro atoms. The fourth-order valence-electron chi connectivity index (χ4n) is 1.75. The molecule has 0 amide bonds. The van der Waals surface area contributed by atoms with Crippen LogP contribution in [-0.4, -0.2) is 30.2 Å². The van der Waals surface area contributed by atoms with Crippen LogP contribution in [0.1, 0.15) is 55.7 Å². The Kier molecular flexibility index (Phi) is 3.18. The molecule has 0 radical (unpaired) electrons. The monoisotopic (exact) mass is 287 g/mol. The van der Waals surface area contributed by atoms with Crippen molar-refractivity contribution in [1.29, 1.82) is 0 Å². The number of hydrogen-bond acceptors (Lipinski definition) is 5. The van der Waals surface area contributed by atoms with Gasteiger partial charge in [-0.05, 0) is 33.6 Å². The van der Waals surface area contributed by atoms with Crippen LogP contribution < -0.4 is 5.14 Å². The first kappa shape index (κ1) is 14.0. The first-order valence-corrected chi connectivity index (χ1v) is 7.48. The number of primary sulfonamides is 1. The van der Waals surface area contributed by atoms with Crippen LogP contribution in [0.3, 0.4) is 0 Å². The fourth-order valence-corrected chi connectivity index (χ4v) is 2.66. The van der Waals surface area contributed by atoms with E-state index >= 15 is 0 Å². The van der Waals surface area contributed by atoms with Crippen molar-refractivity contribution in [2.45, 2.75) is 50.0 Å². The molecule has 1 fully saturated rings. The van der Waals surface area contributed by atoms with Crippen molar-refractivity contribution in [3.8, 4) is 0 Å². The minimum Gasteiger partial charge on any atom is -0.455 e. The molecule has 1 aromatic heterocycles. The van der Waals surface area contributed by atoms with Gasteiger partial charge >= 0.3 is 5.97 Å². The van der Waals surface area contributed by atoms with Crippen molar-refractivity contribution in [2.24, 2.45) is 5.14 Å². The van der Waals surface area contributed by atoms with Crippen LogP contribution >= 0.6 is 0 Å². The number of ether oxygens (including phenoxy) is 1. The number of aromatic nitrogens is 2. The SMILES string of the molecule is CC(C)(C)OC(=O)c1n[nH]c(C2CC2)c1S(N)(=O)=O. The van der Waals surface area contributed by atoms with Gasteiger partial charge in [-0.2, -0.15) is 5.10 Å². The Morgan fingerprint density at radius 3 is 2.42 bits per heavy atom. The summed E-state index contributed by atoms with van der Waals surface area (Å²) in [6.45, 7) is 5.07. The van der Waals surface area contributed by atoms with Gasteiger partial charge in [-0.15, -0.1) is 0 Å².